The fourth-order valence-corrected chi connectivity index (χ4v) is 2.17. The van der Waals surface area contributed by atoms with Crippen molar-refractivity contribution in [2.24, 2.45) is 11.8 Å². The normalized spacial score (nSPS) is 35.3. The molecule has 0 nitrogen and oxygen atoms in total. The number of hydrogen-bond donors (Lipinski definition) is 2. The van der Waals surface area contributed by atoms with Crippen LogP contribution in [0.2, 0.25) is 0 Å². The second-order valence-corrected chi connectivity index (χ2v) is 3.64. The van der Waals surface area contributed by atoms with E-state index in [1.54, 1.807) is 0 Å². The lowest BCUT2D eigenvalue weighted by Crippen LogP contribution is -1.98. The topological polar surface area (TPSA) is 0 Å². The third-order valence-electron chi connectivity index (χ3n) is 2.17. The molecule has 0 spiro atoms. The van der Waals surface area contributed by atoms with Crippen LogP contribution in [0.4, 0.5) is 0 Å². The van der Waals surface area contributed by atoms with Crippen LogP contribution in [0.5, 0.6) is 0 Å². The van der Waals surface area contributed by atoms with Crippen molar-refractivity contribution in [1.29, 1.82) is 0 Å². The molecule has 1 aliphatic carbocycles. The zero-order valence-corrected chi connectivity index (χ0v) is 7.37. The van der Waals surface area contributed by atoms with Gasteiger partial charge < -0.3 is 0 Å². The van der Waals surface area contributed by atoms with Gasteiger partial charge in [-0.15, -0.1) is 0 Å². The van der Waals surface area contributed by atoms with Crippen LogP contribution in [0.1, 0.15) is 19.3 Å². The molecule has 1 fully saturated rings. The van der Waals surface area contributed by atoms with E-state index in [0.29, 0.717) is 0 Å². The highest BCUT2D eigenvalue weighted by Crippen LogP contribution is 2.31. The first kappa shape index (κ1) is 7.80. The zero-order valence-electron chi connectivity index (χ0n) is 5.58. The van der Waals surface area contributed by atoms with Crippen LogP contribution in [-0.4, -0.2) is 11.5 Å². The molecule has 54 valence electrons. The molecule has 0 aromatic carbocycles. The maximum absolute atomic E-state index is 4.27. The van der Waals surface area contributed by atoms with Gasteiger partial charge in [-0.25, -0.2) is 0 Å². The monoisotopic (exact) mass is 162 g/mol. The van der Waals surface area contributed by atoms with E-state index in [4.69, 9.17) is 0 Å². The average Bonchev–Trinajstić information content (AvgIpc) is 2.34. The predicted octanol–water partition coefficient (Wildman–Crippen LogP) is 2.26. The Morgan fingerprint density at radius 2 is 1.44 bits per heavy atom. The van der Waals surface area contributed by atoms with Crippen LogP contribution in [0.3, 0.4) is 0 Å². The van der Waals surface area contributed by atoms with Gasteiger partial charge >= 0.3 is 0 Å². The third-order valence-corrected chi connectivity index (χ3v) is 3.20. The highest BCUT2D eigenvalue weighted by molar-refractivity contribution is 7.80. The summed E-state index contributed by atoms with van der Waals surface area (Å²) in [7, 11) is 0. The Bertz CT molecular complexity index is 73.0. The van der Waals surface area contributed by atoms with Gasteiger partial charge in [-0.2, -0.15) is 25.3 Å². The van der Waals surface area contributed by atoms with Crippen molar-refractivity contribution in [3.8, 4) is 0 Å². The Morgan fingerprint density at radius 1 is 1.00 bits per heavy atom. The third kappa shape index (κ3) is 2.08. The minimum absolute atomic E-state index is 0.894. The second kappa shape index (κ2) is 3.77. The first-order chi connectivity index (χ1) is 4.36. The maximum atomic E-state index is 4.27. The largest absolute Gasteiger partial charge is 0.179 e. The van der Waals surface area contributed by atoms with Crippen molar-refractivity contribution in [3.05, 3.63) is 0 Å². The van der Waals surface area contributed by atoms with Gasteiger partial charge in [0.2, 0.25) is 0 Å². The lowest BCUT2D eigenvalue weighted by molar-refractivity contribution is 0.570. The highest BCUT2D eigenvalue weighted by Gasteiger charge is 2.21. The van der Waals surface area contributed by atoms with Gasteiger partial charge in [0, 0.05) is 0 Å². The van der Waals surface area contributed by atoms with Crippen LogP contribution in [-0.2, 0) is 0 Å². The molecule has 0 aromatic heterocycles. The van der Waals surface area contributed by atoms with Crippen LogP contribution in [0.15, 0.2) is 0 Å². The van der Waals surface area contributed by atoms with Gasteiger partial charge in [0.1, 0.15) is 0 Å². The summed E-state index contributed by atoms with van der Waals surface area (Å²) < 4.78 is 0. The van der Waals surface area contributed by atoms with Gasteiger partial charge in [0.25, 0.3) is 0 Å². The summed E-state index contributed by atoms with van der Waals surface area (Å²) in [6.45, 7) is 0. The van der Waals surface area contributed by atoms with E-state index < -0.39 is 0 Å². The molecular formula is C7H14S2. The second-order valence-electron chi connectivity index (χ2n) is 2.91. The lowest BCUT2D eigenvalue weighted by atomic mass is 10.1. The van der Waals surface area contributed by atoms with Gasteiger partial charge in [-0.1, -0.05) is 0 Å². The van der Waals surface area contributed by atoms with Gasteiger partial charge in [0.05, 0.1) is 0 Å². The summed E-state index contributed by atoms with van der Waals surface area (Å²) >= 11 is 8.54. The summed E-state index contributed by atoms with van der Waals surface area (Å²) in [6.07, 6.45) is 4.14. The molecule has 2 heteroatoms. The Kier molecular flexibility index (Phi) is 3.27. The lowest BCUT2D eigenvalue weighted by Gasteiger charge is -2.04. The summed E-state index contributed by atoms with van der Waals surface area (Å²) in [5.41, 5.74) is 0. The van der Waals surface area contributed by atoms with Crippen LogP contribution in [0, 0.1) is 11.8 Å². The molecule has 0 heterocycles. The van der Waals surface area contributed by atoms with Crippen LogP contribution in [0.25, 0.3) is 0 Å². The minimum atomic E-state index is 0.894. The molecular weight excluding hydrogens is 148 g/mol. The summed E-state index contributed by atoms with van der Waals surface area (Å²) in [6, 6.07) is 0. The highest BCUT2D eigenvalue weighted by atomic mass is 32.1. The number of thiol groups is 2. The average molecular weight is 162 g/mol. The van der Waals surface area contributed by atoms with Crippen molar-refractivity contribution >= 4 is 25.3 Å². The molecule has 0 aliphatic heterocycles. The van der Waals surface area contributed by atoms with E-state index in [1.165, 1.54) is 19.3 Å². The van der Waals surface area contributed by atoms with Gasteiger partial charge in [0.15, 0.2) is 0 Å². The van der Waals surface area contributed by atoms with Crippen LogP contribution >= 0.6 is 25.3 Å². The van der Waals surface area contributed by atoms with Crippen molar-refractivity contribution in [1.82, 2.24) is 0 Å². The summed E-state index contributed by atoms with van der Waals surface area (Å²) in [4.78, 5) is 0. The smallest absolute Gasteiger partial charge is 0.00694 e. The first-order valence-corrected chi connectivity index (χ1v) is 4.85. The van der Waals surface area contributed by atoms with Crippen LogP contribution < -0.4 is 0 Å². The molecule has 9 heavy (non-hydrogen) atoms. The summed E-state index contributed by atoms with van der Waals surface area (Å²) in [5, 5.41) is 0. The first-order valence-electron chi connectivity index (χ1n) is 3.58. The van der Waals surface area contributed by atoms with E-state index in [9.17, 15) is 0 Å². The van der Waals surface area contributed by atoms with E-state index in [0.717, 1.165) is 23.3 Å². The molecule has 0 bridgehead atoms. The Morgan fingerprint density at radius 3 is 1.67 bits per heavy atom. The molecule has 0 N–H and O–H groups in total. The standard InChI is InChI=1S/C7H14S2/c8-4-6-1-2-7(3-6)5-9/h6-9H,1-5H2. The van der Waals surface area contributed by atoms with Crippen molar-refractivity contribution in [3.63, 3.8) is 0 Å². The fourth-order valence-electron chi connectivity index (χ4n) is 1.51. The molecule has 0 amide bonds. The molecule has 1 rings (SSSR count). The Hall–Kier alpha value is 0.700. The molecule has 1 saturated carbocycles. The molecule has 0 aromatic rings. The molecule has 0 saturated heterocycles. The SMILES string of the molecule is SCC1CCC(CS)C1. The molecule has 0 radical (unpaired) electrons. The maximum Gasteiger partial charge on any atom is -0.00694 e. The molecule has 2 atom stereocenters. The number of hydrogen-bond acceptors (Lipinski definition) is 2. The van der Waals surface area contributed by atoms with Crippen molar-refractivity contribution in [2.45, 2.75) is 19.3 Å². The Labute approximate surface area is 68.2 Å². The summed E-state index contributed by atoms with van der Waals surface area (Å²) in [5.74, 6) is 3.94. The van der Waals surface area contributed by atoms with Crippen molar-refractivity contribution in [2.75, 3.05) is 11.5 Å². The predicted molar refractivity (Wildman–Crippen MR) is 48.5 cm³/mol. The molecule has 1 aliphatic rings. The fraction of sp³-hybridized carbons (Fsp3) is 1.00. The van der Waals surface area contributed by atoms with Gasteiger partial charge in [-0.05, 0) is 42.6 Å². The van der Waals surface area contributed by atoms with E-state index >= 15 is 0 Å². The van der Waals surface area contributed by atoms with Crippen molar-refractivity contribution < 1.29 is 0 Å². The quantitative estimate of drug-likeness (QED) is 0.572. The minimum Gasteiger partial charge on any atom is -0.179 e. The molecule has 2 unspecified atom stereocenters. The van der Waals surface area contributed by atoms with Gasteiger partial charge in [-0.3, -0.25) is 0 Å². The number of rotatable bonds is 2. The zero-order chi connectivity index (χ0) is 6.69. The van der Waals surface area contributed by atoms with E-state index in [1.807, 2.05) is 0 Å². The van der Waals surface area contributed by atoms with E-state index in [2.05, 4.69) is 25.3 Å². The van der Waals surface area contributed by atoms with E-state index in [-0.39, 0.29) is 0 Å². The Balaban J connectivity index is 2.20.